The Hall–Kier alpha value is -5.77. The molecule has 4 atom stereocenters. The van der Waals surface area contributed by atoms with Gasteiger partial charge >= 0.3 is 5.97 Å². The molecule has 35 heteroatoms. The lowest BCUT2D eigenvalue weighted by Gasteiger charge is -2.17. The molecule has 2 fully saturated rings. The second kappa shape index (κ2) is 46.2. The zero-order valence-corrected chi connectivity index (χ0v) is 69.2. The number of carboxylic acid groups (broad SMARTS) is 1. The largest absolute Gasteiger partial charge is 0.478 e. The van der Waals surface area contributed by atoms with Gasteiger partial charge in [0.25, 0.3) is 0 Å². The third-order valence-corrected chi connectivity index (χ3v) is 18.6. The van der Waals surface area contributed by atoms with Crippen LogP contribution in [0.4, 0.5) is 52.7 Å². The van der Waals surface area contributed by atoms with Gasteiger partial charge in [0, 0.05) is 78.9 Å². The summed E-state index contributed by atoms with van der Waals surface area (Å²) in [5, 5.41) is 44.8. The normalized spacial score (nSPS) is 15.4. The minimum Gasteiger partial charge on any atom is -0.478 e. The lowest BCUT2D eigenvalue weighted by Crippen LogP contribution is -2.25. The molecule has 10 rings (SSSR count). The predicted octanol–water partition coefficient (Wildman–Crippen LogP) is 14.4. The molecule has 0 amide bonds. The molecule has 8 aromatic rings. The number of rotatable bonds is 28. The van der Waals surface area contributed by atoms with Crippen molar-refractivity contribution in [3.05, 3.63) is 272 Å². The SMILES string of the molecule is CC1(C)OC[C@H](COCC(=O)c2ccc(F)c(F)c2Cc2ccc(I)cc2F)O1.CC1(C)OC[C@H](CON)O1.O=C(COC[C@H](O)CO)c1ccc(F)c(F)c1Cc1ccc(I)cc1F.O=C(COC[C@H](O)CO)c1ccc(F)c(F)c1Cc1ccc(I)cc1F.O=C(O)c1ccc(F)c(F)c1Cc1ccc(I)cc1F.[3H]P([3H])[3H]. The van der Waals surface area contributed by atoms with Gasteiger partial charge in [-0.25, -0.2) is 63.4 Å². The molecule has 2 aliphatic heterocycles. The van der Waals surface area contributed by atoms with Crippen molar-refractivity contribution in [1.29, 1.82) is 3.84 Å². The maximum atomic E-state index is 14.4. The summed E-state index contributed by atoms with van der Waals surface area (Å²) >= 11 is 7.71. The van der Waals surface area contributed by atoms with Gasteiger partial charge in [-0.1, -0.05) is 24.3 Å². The van der Waals surface area contributed by atoms with Crippen LogP contribution in [0.15, 0.2) is 121 Å². The minimum atomic E-state index is -1.87. The molecule has 0 aliphatic carbocycles. The molecule has 0 bridgehead atoms. The fourth-order valence-electron chi connectivity index (χ4n) is 10.5. The molecular formula is C77H76F12I4NO17P. The summed E-state index contributed by atoms with van der Waals surface area (Å²) in [4.78, 5) is 52.6. The molecule has 2 heterocycles. The summed E-state index contributed by atoms with van der Waals surface area (Å²) in [7, 11) is -1.87. The first-order valence-electron chi connectivity index (χ1n) is 34.4. The molecule has 0 radical (unpaired) electrons. The van der Waals surface area contributed by atoms with Crippen molar-refractivity contribution >= 4 is 123 Å². The fraction of sp³-hybridized carbons (Fsp3) is 0.325. The highest BCUT2D eigenvalue weighted by molar-refractivity contribution is 14.1. The van der Waals surface area contributed by atoms with E-state index in [1.165, 1.54) is 54.6 Å². The van der Waals surface area contributed by atoms with Crippen molar-refractivity contribution in [2.75, 3.05) is 72.7 Å². The highest BCUT2D eigenvalue weighted by Crippen LogP contribution is 2.30. The van der Waals surface area contributed by atoms with E-state index in [9.17, 15) is 82.1 Å². The van der Waals surface area contributed by atoms with Crippen molar-refractivity contribution in [2.45, 2.75) is 89.4 Å². The van der Waals surface area contributed by atoms with Crippen LogP contribution in [0.1, 0.15) is 114 Å². The number of aromatic carboxylic acids is 1. The molecule has 0 aromatic heterocycles. The van der Waals surface area contributed by atoms with Gasteiger partial charge in [0.1, 0.15) is 67.5 Å². The number of Topliss-reactive ketones (excluding diaryl/α,β-unsaturated/α-hetero) is 3. The molecule has 0 unspecified atom stereocenters. The number of halogens is 16. The third-order valence-electron chi connectivity index (χ3n) is 15.9. The van der Waals surface area contributed by atoms with Gasteiger partial charge < -0.3 is 63.5 Å². The Labute approximate surface area is 697 Å². The van der Waals surface area contributed by atoms with Gasteiger partial charge in [0.05, 0.1) is 62.3 Å². The van der Waals surface area contributed by atoms with Gasteiger partial charge in [-0.05, 0) is 237 Å². The summed E-state index contributed by atoms with van der Waals surface area (Å²) in [6.45, 7) is 5.73. The van der Waals surface area contributed by atoms with Crippen molar-refractivity contribution in [1.82, 2.24) is 0 Å². The molecule has 112 heavy (non-hydrogen) atoms. The van der Waals surface area contributed by atoms with E-state index in [1.807, 2.05) is 104 Å². The van der Waals surface area contributed by atoms with Gasteiger partial charge in [0.2, 0.25) is 0 Å². The average molecular weight is 2060 g/mol. The zero-order chi connectivity index (χ0) is 85.8. The van der Waals surface area contributed by atoms with Crippen molar-refractivity contribution in [2.24, 2.45) is 5.90 Å². The predicted molar refractivity (Wildman–Crippen MR) is 423 cm³/mol. The van der Waals surface area contributed by atoms with E-state index in [1.54, 1.807) is 38.1 Å². The van der Waals surface area contributed by atoms with Crippen LogP contribution < -0.4 is 5.90 Å². The first-order valence-corrected chi connectivity index (χ1v) is 37.4. The molecule has 18 nitrogen and oxygen atoms in total. The smallest absolute Gasteiger partial charge is 0.336 e. The molecular weight excluding hydrogens is 1980 g/mol. The number of benzene rings is 8. The van der Waals surface area contributed by atoms with Crippen molar-refractivity contribution in [3.8, 4) is 0 Å². The Morgan fingerprint density at radius 2 is 0.723 bits per heavy atom. The van der Waals surface area contributed by atoms with Crippen LogP contribution in [-0.2, 0) is 63.7 Å². The van der Waals surface area contributed by atoms with Crippen LogP contribution in [0.3, 0.4) is 0 Å². The van der Waals surface area contributed by atoms with Gasteiger partial charge in [-0.2, -0.15) is 9.73 Å². The number of hydrogen-bond acceptors (Lipinski definition) is 17. The first-order chi connectivity index (χ1) is 54.1. The summed E-state index contributed by atoms with van der Waals surface area (Å²) in [6.07, 6.45) is -3.79. The van der Waals surface area contributed by atoms with E-state index in [4.69, 9.17) is 58.2 Å². The highest BCUT2D eigenvalue weighted by atomic mass is 127. The van der Waals surface area contributed by atoms with E-state index in [0.717, 1.165) is 42.5 Å². The van der Waals surface area contributed by atoms with E-state index in [-0.39, 0.29) is 131 Å². The van der Waals surface area contributed by atoms with Crippen LogP contribution in [0.25, 0.3) is 0 Å². The minimum absolute atomic E-state index is 0.0139. The van der Waals surface area contributed by atoms with Crippen LogP contribution in [0, 0.1) is 84.1 Å². The zero-order valence-electron chi connectivity index (χ0n) is 62.7. The number of carbonyl (C=O) groups is 4. The van der Waals surface area contributed by atoms with E-state index >= 15 is 0 Å². The van der Waals surface area contributed by atoms with Gasteiger partial charge in [-0.15, -0.1) is 0 Å². The maximum absolute atomic E-state index is 14.4. The second-order valence-electron chi connectivity index (χ2n) is 25.2. The number of aliphatic hydroxyl groups is 4. The Morgan fingerprint density at radius 1 is 0.455 bits per heavy atom. The van der Waals surface area contributed by atoms with Gasteiger partial charge in [-0.3, -0.25) is 14.4 Å². The molecule has 608 valence electrons. The summed E-state index contributed by atoms with van der Waals surface area (Å²) in [5.41, 5.74) is -1.21. The fourth-order valence-corrected chi connectivity index (χ4v) is 12.3. The monoisotopic (exact) mass is 2060 g/mol. The number of hydrogen-bond donors (Lipinski definition) is 6. The third kappa shape index (κ3) is 29.7. The van der Waals surface area contributed by atoms with Crippen molar-refractivity contribution < 1.29 is 135 Å². The Kier molecular flexibility index (Phi) is 37.9. The second-order valence-corrected chi connectivity index (χ2v) is 30.2. The topological polar surface area (TPSA) is 269 Å². The van der Waals surface area contributed by atoms with Crippen molar-refractivity contribution in [3.63, 3.8) is 0 Å². The maximum Gasteiger partial charge on any atom is 0.336 e. The molecule has 7 N–H and O–H groups in total. The number of carboxylic acids is 1. The Balaban J connectivity index is 0.000000260. The molecule has 0 saturated carbocycles. The first kappa shape index (κ1) is 91.7. The average Bonchev–Trinajstić information content (AvgIpc) is 0.944. The lowest BCUT2D eigenvalue weighted by molar-refractivity contribution is -0.145. The quantitative estimate of drug-likeness (QED) is 0.00874. The van der Waals surface area contributed by atoms with Gasteiger partial charge in [0.15, 0.2) is 75.5 Å². The Bertz CT molecular complexity index is 4500. The lowest BCUT2D eigenvalue weighted by atomic mass is 9.96. The Morgan fingerprint density at radius 3 is 0.973 bits per heavy atom. The standard InChI is InChI=1S/C21H20F3IO4.2C18H16F3IO4.C14H8F3IO2.C6H13NO3.H3P/c1-21(2)28-10-14(29-21)9-27-11-19(26)15-5-6-17(22)20(24)16(15)7-12-3-4-13(25)8-18(12)23;2*19-15-4-3-13(17(25)9-26-8-12(24)7-23)14(18(15)21)5-10-1-2-11(22)6-16(10)20;15-11-4-3-9(14(19)20)10(13(11)17)5-7-1-2-8(18)6-12(7)16;1-6(2)8-3-5(10-6)4-9-7;/h3-6,8,14H,7,9-11H2,1-2H3;2*1-4,6,12,23-24H,5,7-9H2;1-4,6H,5H2,(H,19,20);5H,3-4,7H2,1-2H3;1H3/t14-;2*12-;;5-;/m011.1./s1/i;;;;;1T3. The number of aliphatic hydroxyl groups excluding tert-OH is 4. The number of ketones is 3. The summed E-state index contributed by atoms with van der Waals surface area (Å²) < 4.78 is 224. The molecule has 2 saturated heterocycles. The van der Waals surface area contributed by atoms with Crippen LogP contribution in [-0.4, -0.2) is 161 Å². The van der Waals surface area contributed by atoms with Crippen LogP contribution in [0.5, 0.6) is 0 Å². The highest BCUT2D eigenvalue weighted by Gasteiger charge is 2.34. The van der Waals surface area contributed by atoms with Crippen LogP contribution >= 0.6 is 100 Å². The number of carbonyl (C=O) groups excluding carboxylic acids is 3. The van der Waals surface area contributed by atoms with E-state index in [0.29, 0.717) is 34.1 Å². The summed E-state index contributed by atoms with van der Waals surface area (Å²) in [6, 6.07) is 25.0. The van der Waals surface area contributed by atoms with E-state index in [2.05, 4.69) is 4.84 Å². The number of ether oxygens (including phenoxy) is 7. The molecule has 0 spiro atoms. The number of nitrogens with two attached hydrogens (primary N) is 1. The van der Waals surface area contributed by atoms with E-state index < -0.39 is 153 Å². The summed E-state index contributed by atoms with van der Waals surface area (Å²) in [5.74, 6) is -11.2. The van der Waals surface area contributed by atoms with Crippen LogP contribution in [0.2, 0.25) is 0 Å². The molecule has 2 aliphatic rings. The molecule has 8 aromatic carbocycles.